The van der Waals surface area contributed by atoms with Gasteiger partial charge in [0.15, 0.2) is 0 Å². The molecule has 2 aromatic carbocycles. The minimum Gasteiger partial charge on any atom is -0.388 e. The van der Waals surface area contributed by atoms with Gasteiger partial charge in [0, 0.05) is 30.3 Å². The molecule has 166 valence electrons. The Labute approximate surface area is 191 Å². The molecule has 0 heterocycles. The van der Waals surface area contributed by atoms with Gasteiger partial charge in [0.05, 0.1) is 22.6 Å². The van der Waals surface area contributed by atoms with Crippen molar-refractivity contribution in [2.24, 2.45) is 0 Å². The van der Waals surface area contributed by atoms with Crippen molar-refractivity contribution in [1.29, 1.82) is 0 Å². The molecule has 0 aliphatic rings. The van der Waals surface area contributed by atoms with Crippen LogP contribution >= 0.6 is 7.92 Å². The average Bonchev–Trinajstić information content (AvgIpc) is 2.62. The van der Waals surface area contributed by atoms with E-state index in [0.29, 0.717) is 0 Å². The van der Waals surface area contributed by atoms with Crippen molar-refractivity contribution in [3.05, 3.63) is 78.2 Å². The van der Waals surface area contributed by atoms with Crippen LogP contribution in [0.4, 0.5) is 0 Å². The van der Waals surface area contributed by atoms with Crippen LogP contribution in [-0.2, 0) is 16.5 Å². The van der Waals surface area contributed by atoms with E-state index in [2.05, 4.69) is 71.9 Å². The third kappa shape index (κ3) is 9.34. The molecule has 2 aromatic rings. The second-order valence-corrected chi connectivity index (χ2v) is 14.0. The zero-order valence-corrected chi connectivity index (χ0v) is 21.5. The number of benzene rings is 2. The Hall–Kier alpha value is -0.676. The first-order valence-corrected chi connectivity index (χ1v) is 12.1. The first kappa shape index (κ1) is 28.3. The van der Waals surface area contributed by atoms with Gasteiger partial charge in [-0.3, -0.25) is 0 Å². The number of rotatable bonds is 5. The summed E-state index contributed by atoms with van der Waals surface area (Å²) in [6.07, 6.45) is 2.60. The fraction of sp³-hybridized carbons (Fsp3) is 0.500. The van der Waals surface area contributed by atoms with Crippen LogP contribution in [0, 0.1) is 6.42 Å². The van der Waals surface area contributed by atoms with Gasteiger partial charge in [-0.15, -0.1) is 0 Å². The molecule has 0 radical (unpaired) electrons. The van der Waals surface area contributed by atoms with Crippen LogP contribution < -0.4 is 0 Å². The van der Waals surface area contributed by atoms with Crippen molar-refractivity contribution in [1.82, 2.24) is 0 Å². The fourth-order valence-electron chi connectivity index (χ4n) is 3.95. The quantitative estimate of drug-likeness (QED) is 0.278. The van der Waals surface area contributed by atoms with Gasteiger partial charge in [-0.05, 0) is 52.7 Å². The number of hydrogen-bond donors (Lipinski definition) is 1. The van der Waals surface area contributed by atoms with Crippen LogP contribution in [0.2, 0.25) is 0 Å². The van der Waals surface area contributed by atoms with E-state index in [9.17, 15) is 5.11 Å². The third-order valence-electron chi connectivity index (χ3n) is 4.98. The molecule has 1 nitrogen and oxygen atoms in total. The molecular weight excluding hydrogens is 418 g/mol. The second kappa shape index (κ2) is 12.9. The molecule has 2 unspecified atom stereocenters. The molecule has 0 bridgehead atoms. The summed E-state index contributed by atoms with van der Waals surface area (Å²) in [4.78, 5) is 0. The average molecular weight is 459 g/mol. The summed E-state index contributed by atoms with van der Waals surface area (Å²) in [5, 5.41) is 11.8. The number of hydrogen-bond acceptors (Lipinski definition) is 1. The minimum absolute atomic E-state index is 0. The maximum atomic E-state index is 11.2. The molecular formula is C26H41NiOP. The Morgan fingerprint density at radius 3 is 1.45 bits per heavy atom. The molecule has 0 amide bonds. The van der Waals surface area contributed by atoms with E-state index < -0.39 is 14.0 Å². The maximum absolute atomic E-state index is 11.2. The molecule has 0 aliphatic heterocycles. The predicted octanol–water partition coefficient (Wildman–Crippen LogP) is 7.54. The van der Waals surface area contributed by atoms with Crippen molar-refractivity contribution in [3.63, 3.8) is 0 Å². The molecule has 2 atom stereocenters. The molecule has 0 aromatic heterocycles. The van der Waals surface area contributed by atoms with E-state index in [1.54, 1.807) is 0 Å². The smallest absolute Gasteiger partial charge is 0.0893 e. The van der Waals surface area contributed by atoms with E-state index >= 15 is 0 Å². The summed E-state index contributed by atoms with van der Waals surface area (Å²) in [7, 11) is -0.733. The van der Waals surface area contributed by atoms with Gasteiger partial charge in [0.1, 0.15) is 0 Å². The molecule has 0 saturated carbocycles. The summed E-state index contributed by atoms with van der Waals surface area (Å²) in [5.74, 6) is 0.135. The van der Waals surface area contributed by atoms with E-state index in [1.807, 2.05) is 50.6 Å². The monoisotopic (exact) mass is 458 g/mol. The van der Waals surface area contributed by atoms with Crippen molar-refractivity contribution in [2.75, 3.05) is 6.16 Å². The van der Waals surface area contributed by atoms with Crippen LogP contribution in [0.3, 0.4) is 0 Å². The summed E-state index contributed by atoms with van der Waals surface area (Å²) < 4.78 is 0. The second-order valence-electron chi connectivity index (χ2n) is 9.63. The van der Waals surface area contributed by atoms with Crippen LogP contribution in [0.25, 0.3) is 0 Å². The Morgan fingerprint density at radius 1 is 0.759 bits per heavy atom. The third-order valence-corrected chi connectivity index (χ3v) is 9.45. The molecule has 0 aliphatic carbocycles. The molecule has 2 rings (SSSR count). The first-order chi connectivity index (χ1) is 13.0. The number of aliphatic hydroxyl groups excluding tert-OH is 1. The predicted molar refractivity (Wildman–Crippen MR) is 129 cm³/mol. The van der Waals surface area contributed by atoms with Crippen molar-refractivity contribution in [2.45, 2.75) is 77.7 Å². The number of aliphatic hydroxyl groups is 1. The molecule has 29 heavy (non-hydrogen) atoms. The fourth-order valence-corrected chi connectivity index (χ4v) is 8.33. The normalized spacial score (nSPS) is 13.7. The Bertz CT molecular complexity index is 645. The van der Waals surface area contributed by atoms with Crippen LogP contribution in [0.15, 0.2) is 60.7 Å². The maximum Gasteiger partial charge on any atom is 0.0893 e. The largest absolute Gasteiger partial charge is 0.388 e. The SMILES string of the molecule is CC(C)(C)[PH+](CC(c1ccccc1)C(O)c1ccccc1)C(C)(C)C.C[CH-]C.[Ni]. The summed E-state index contributed by atoms with van der Waals surface area (Å²) >= 11 is 0. The standard InChI is InChI=1S/C23H33OP.C3H7.Ni/c1-22(2,3)25(23(4,5)6)17-20(18-13-9-7-10-14-18)21(24)19-15-11-8-12-16-19;1-3-2;/h7-16,20-21,24H,17H2,1-6H3;3H,1-2H3;/q;-1;/p+1. The zero-order valence-electron chi connectivity index (χ0n) is 19.5. The van der Waals surface area contributed by atoms with Gasteiger partial charge in [-0.2, -0.15) is 13.8 Å². The van der Waals surface area contributed by atoms with Gasteiger partial charge in [-0.25, -0.2) is 0 Å². The van der Waals surface area contributed by atoms with Crippen LogP contribution in [0.5, 0.6) is 0 Å². The Balaban J connectivity index is 0.00000184. The Morgan fingerprint density at radius 2 is 1.10 bits per heavy atom. The van der Waals surface area contributed by atoms with Gasteiger partial charge in [-0.1, -0.05) is 60.7 Å². The molecule has 0 saturated heterocycles. The Kier molecular flexibility index (Phi) is 12.6. The van der Waals surface area contributed by atoms with E-state index in [0.717, 1.165) is 11.7 Å². The molecule has 3 heteroatoms. The molecule has 0 fully saturated rings. The van der Waals surface area contributed by atoms with Gasteiger partial charge < -0.3 is 11.5 Å². The van der Waals surface area contributed by atoms with Crippen LogP contribution in [-0.4, -0.2) is 21.6 Å². The van der Waals surface area contributed by atoms with Crippen molar-refractivity contribution < 1.29 is 21.6 Å². The summed E-state index contributed by atoms with van der Waals surface area (Å²) in [6, 6.07) is 20.7. The van der Waals surface area contributed by atoms with Gasteiger partial charge >= 0.3 is 0 Å². The van der Waals surface area contributed by atoms with Gasteiger partial charge in [0.2, 0.25) is 0 Å². The molecule has 0 spiro atoms. The topological polar surface area (TPSA) is 20.2 Å². The van der Waals surface area contributed by atoms with Crippen molar-refractivity contribution >= 4 is 7.92 Å². The van der Waals surface area contributed by atoms with Gasteiger partial charge in [0.25, 0.3) is 0 Å². The van der Waals surface area contributed by atoms with E-state index in [-0.39, 0.29) is 32.7 Å². The van der Waals surface area contributed by atoms with Crippen LogP contribution in [0.1, 0.15) is 78.5 Å². The summed E-state index contributed by atoms with van der Waals surface area (Å²) in [5.41, 5.74) is 2.26. The van der Waals surface area contributed by atoms with E-state index in [4.69, 9.17) is 0 Å². The zero-order chi connectivity index (χ0) is 21.4. The molecule has 1 N–H and O–H groups in total. The van der Waals surface area contributed by atoms with E-state index in [1.165, 1.54) is 5.56 Å². The minimum atomic E-state index is -0.733. The summed E-state index contributed by atoms with van der Waals surface area (Å²) in [6.45, 7) is 18.2. The first-order valence-electron chi connectivity index (χ1n) is 10.4. The van der Waals surface area contributed by atoms with Crippen molar-refractivity contribution in [3.8, 4) is 0 Å².